The van der Waals surface area contributed by atoms with Gasteiger partial charge in [-0.05, 0) is 30.3 Å². The van der Waals surface area contributed by atoms with E-state index >= 15 is 0 Å². The quantitative estimate of drug-likeness (QED) is 0.557. The van der Waals surface area contributed by atoms with Gasteiger partial charge in [0.25, 0.3) is 0 Å². The predicted molar refractivity (Wildman–Crippen MR) is 96.7 cm³/mol. The summed E-state index contributed by atoms with van der Waals surface area (Å²) in [7, 11) is 1.52. The third kappa shape index (κ3) is 3.20. The Bertz CT molecular complexity index is 1170. The molecule has 7 nitrogen and oxygen atoms in total. The van der Waals surface area contributed by atoms with Gasteiger partial charge < -0.3 is 4.74 Å². The molecule has 134 valence electrons. The van der Waals surface area contributed by atoms with Gasteiger partial charge >= 0.3 is 0 Å². The lowest BCUT2D eigenvalue weighted by Crippen LogP contribution is -2.15. The second-order valence-electron chi connectivity index (χ2n) is 5.64. The van der Waals surface area contributed by atoms with Crippen LogP contribution in [0.2, 0.25) is 0 Å². The van der Waals surface area contributed by atoms with E-state index in [9.17, 15) is 9.18 Å². The Hall–Kier alpha value is -3.81. The van der Waals surface area contributed by atoms with Crippen molar-refractivity contribution in [1.29, 1.82) is 0 Å². The van der Waals surface area contributed by atoms with E-state index in [1.807, 2.05) is 0 Å². The largest absolute Gasteiger partial charge is 0.481 e. The summed E-state index contributed by atoms with van der Waals surface area (Å²) in [5.41, 5.74) is 1.55. The number of pyridine rings is 1. The van der Waals surface area contributed by atoms with Crippen LogP contribution in [-0.4, -0.2) is 31.7 Å². The van der Waals surface area contributed by atoms with E-state index in [1.165, 1.54) is 36.2 Å². The number of rotatable bonds is 4. The lowest BCUT2D eigenvalue weighted by molar-refractivity contribution is 0.397. The highest BCUT2D eigenvalue weighted by Gasteiger charge is 2.14. The van der Waals surface area contributed by atoms with Gasteiger partial charge in [0.1, 0.15) is 5.82 Å². The van der Waals surface area contributed by atoms with E-state index < -0.39 is 5.82 Å². The molecule has 0 bridgehead atoms. The molecule has 4 aromatic rings. The Morgan fingerprint density at radius 1 is 1.04 bits per heavy atom. The number of benzene rings is 1. The van der Waals surface area contributed by atoms with Crippen LogP contribution < -0.4 is 10.2 Å². The van der Waals surface area contributed by atoms with Crippen LogP contribution in [0.5, 0.6) is 5.88 Å². The third-order valence-corrected chi connectivity index (χ3v) is 3.94. The van der Waals surface area contributed by atoms with E-state index in [0.717, 1.165) is 0 Å². The minimum Gasteiger partial charge on any atom is -0.481 e. The average Bonchev–Trinajstić information content (AvgIpc) is 3.18. The van der Waals surface area contributed by atoms with Crippen LogP contribution in [0.25, 0.3) is 22.8 Å². The maximum absolute atomic E-state index is 13.6. The van der Waals surface area contributed by atoms with Crippen LogP contribution in [0.15, 0.2) is 71.9 Å². The lowest BCUT2D eigenvalue weighted by Gasteiger charge is -2.10. The van der Waals surface area contributed by atoms with Gasteiger partial charge in [0.15, 0.2) is 5.69 Å². The summed E-state index contributed by atoms with van der Waals surface area (Å²) >= 11 is 0. The monoisotopic (exact) mass is 363 g/mol. The summed E-state index contributed by atoms with van der Waals surface area (Å²) in [5.74, 6) is 0.0376. The number of hydrogen-bond donors (Lipinski definition) is 0. The van der Waals surface area contributed by atoms with Gasteiger partial charge in [-0.3, -0.25) is 4.79 Å². The summed E-state index contributed by atoms with van der Waals surface area (Å²) in [6.07, 6.45) is 4.68. The first-order valence-electron chi connectivity index (χ1n) is 8.06. The zero-order chi connectivity index (χ0) is 18.8. The topological polar surface area (TPSA) is 74.8 Å². The molecule has 8 heteroatoms. The molecule has 0 saturated carbocycles. The van der Waals surface area contributed by atoms with Gasteiger partial charge in [-0.25, -0.2) is 18.7 Å². The number of hydrogen-bond acceptors (Lipinski definition) is 5. The maximum atomic E-state index is 13.6. The highest BCUT2D eigenvalue weighted by atomic mass is 19.1. The molecule has 0 aliphatic heterocycles. The summed E-state index contributed by atoms with van der Waals surface area (Å²) in [6, 6.07) is 12.5. The fourth-order valence-electron chi connectivity index (χ4n) is 2.68. The zero-order valence-electron chi connectivity index (χ0n) is 14.3. The van der Waals surface area contributed by atoms with Crippen molar-refractivity contribution in [2.45, 2.75) is 0 Å². The molecule has 0 saturated heterocycles. The zero-order valence-corrected chi connectivity index (χ0v) is 14.3. The molecule has 0 aliphatic rings. The first kappa shape index (κ1) is 16.6. The molecule has 0 aliphatic carbocycles. The fourth-order valence-corrected chi connectivity index (χ4v) is 2.68. The normalized spacial score (nSPS) is 10.7. The Kier molecular flexibility index (Phi) is 4.21. The lowest BCUT2D eigenvalue weighted by atomic mass is 10.2. The molecule has 4 rings (SSSR count). The fraction of sp³-hybridized carbons (Fsp3) is 0.0526. The molecule has 0 spiro atoms. The van der Waals surface area contributed by atoms with Crippen molar-refractivity contribution in [1.82, 2.24) is 24.5 Å². The molecule has 0 unspecified atom stereocenters. The molecule has 0 atom stereocenters. The molecule has 1 aromatic carbocycles. The molecular formula is C19H14FN5O2. The van der Waals surface area contributed by atoms with Crippen molar-refractivity contribution < 1.29 is 9.13 Å². The Morgan fingerprint density at radius 2 is 1.93 bits per heavy atom. The first-order valence-corrected chi connectivity index (χ1v) is 8.06. The van der Waals surface area contributed by atoms with Crippen molar-refractivity contribution in [3.05, 3.63) is 83.2 Å². The summed E-state index contributed by atoms with van der Waals surface area (Å²) in [5, 5.41) is 8.64. The third-order valence-electron chi connectivity index (χ3n) is 3.94. The number of nitrogens with zero attached hydrogens (tertiary/aromatic N) is 5. The summed E-state index contributed by atoms with van der Waals surface area (Å²) in [6.45, 7) is 0. The minimum absolute atomic E-state index is 0.190. The van der Waals surface area contributed by atoms with E-state index in [1.54, 1.807) is 47.4 Å². The first-order chi connectivity index (χ1) is 13.2. The highest BCUT2D eigenvalue weighted by Crippen LogP contribution is 2.19. The summed E-state index contributed by atoms with van der Waals surface area (Å²) < 4.78 is 21.7. The maximum Gasteiger partial charge on any atom is 0.215 e. The second kappa shape index (κ2) is 6.83. The van der Waals surface area contributed by atoms with Crippen molar-refractivity contribution in [2.75, 3.05) is 7.11 Å². The van der Waals surface area contributed by atoms with Crippen LogP contribution in [0, 0.1) is 5.82 Å². The Morgan fingerprint density at radius 3 is 2.74 bits per heavy atom. The van der Waals surface area contributed by atoms with Crippen LogP contribution in [0.1, 0.15) is 0 Å². The minimum atomic E-state index is -0.392. The Labute approximate surface area is 153 Å². The van der Waals surface area contributed by atoms with E-state index in [0.29, 0.717) is 22.9 Å². The van der Waals surface area contributed by atoms with Crippen LogP contribution in [0.3, 0.4) is 0 Å². The van der Waals surface area contributed by atoms with Gasteiger partial charge in [0.2, 0.25) is 11.3 Å². The van der Waals surface area contributed by atoms with Crippen LogP contribution in [-0.2, 0) is 0 Å². The van der Waals surface area contributed by atoms with E-state index in [-0.39, 0.29) is 11.1 Å². The molecule has 3 aromatic heterocycles. The van der Waals surface area contributed by atoms with Crippen molar-refractivity contribution in [3.8, 4) is 28.6 Å². The molecule has 27 heavy (non-hydrogen) atoms. The van der Waals surface area contributed by atoms with Crippen molar-refractivity contribution in [3.63, 3.8) is 0 Å². The molecular weight excluding hydrogens is 349 g/mol. The van der Waals surface area contributed by atoms with Crippen molar-refractivity contribution in [2.24, 2.45) is 0 Å². The number of methoxy groups -OCH3 is 1. The average molecular weight is 363 g/mol. The predicted octanol–water partition coefficient (Wildman–Crippen LogP) is 2.63. The molecule has 0 N–H and O–H groups in total. The van der Waals surface area contributed by atoms with Gasteiger partial charge in [0, 0.05) is 24.5 Å². The number of halogens is 1. The molecule has 0 fully saturated rings. The molecule has 0 amide bonds. The van der Waals surface area contributed by atoms with Crippen LogP contribution in [0.4, 0.5) is 4.39 Å². The highest BCUT2D eigenvalue weighted by molar-refractivity contribution is 5.57. The Balaban J connectivity index is 1.84. The smallest absolute Gasteiger partial charge is 0.215 e. The molecule has 3 heterocycles. The standard InChI is InChI=1S/C19H14FN5O2/c1-27-18-12-14(5-8-21-18)24-10-7-17(26)19(23-24)16-6-9-22-25(16)15-4-2-3-13(20)11-15/h2-12H,1H3. The van der Waals surface area contributed by atoms with Crippen molar-refractivity contribution >= 4 is 0 Å². The number of ether oxygens (including phenoxy) is 1. The van der Waals surface area contributed by atoms with Gasteiger partial charge in [-0.1, -0.05) is 6.07 Å². The van der Waals surface area contributed by atoms with Gasteiger partial charge in [-0.15, -0.1) is 0 Å². The van der Waals surface area contributed by atoms with Gasteiger partial charge in [-0.2, -0.15) is 10.2 Å². The second-order valence-corrected chi connectivity index (χ2v) is 5.64. The van der Waals surface area contributed by atoms with Gasteiger partial charge in [0.05, 0.1) is 30.4 Å². The van der Waals surface area contributed by atoms with E-state index in [4.69, 9.17) is 4.74 Å². The summed E-state index contributed by atoms with van der Waals surface area (Å²) in [4.78, 5) is 16.5. The molecule has 0 radical (unpaired) electrons. The van der Waals surface area contributed by atoms with Crippen LogP contribution >= 0.6 is 0 Å². The SMILES string of the molecule is COc1cc(-n2ccc(=O)c(-c3ccnn3-c3cccc(F)c3)n2)ccn1. The number of aromatic nitrogens is 5. The van der Waals surface area contributed by atoms with E-state index in [2.05, 4.69) is 15.2 Å².